The van der Waals surface area contributed by atoms with Gasteiger partial charge in [0.25, 0.3) is 0 Å². The Morgan fingerprint density at radius 1 is 0.720 bits per heavy atom. The van der Waals surface area contributed by atoms with E-state index < -0.39 is 0 Å². The first-order valence-electron chi connectivity index (χ1n) is 7.89. The first-order chi connectivity index (χ1) is 12.0. The zero-order valence-electron chi connectivity index (χ0n) is 13.8. The summed E-state index contributed by atoms with van der Waals surface area (Å²) in [6.07, 6.45) is 0. The molecule has 0 unspecified atom stereocenters. The first-order valence-corrected chi connectivity index (χ1v) is 7.89. The molecule has 0 radical (unpaired) electrons. The van der Waals surface area contributed by atoms with Crippen molar-refractivity contribution in [2.24, 2.45) is 0 Å². The maximum atomic E-state index is 9.93. The molecule has 2 aromatic heterocycles. The summed E-state index contributed by atoms with van der Waals surface area (Å²) in [5, 5.41) is 21.4. The van der Waals surface area contributed by atoms with Gasteiger partial charge in [-0.05, 0) is 38.1 Å². The van der Waals surface area contributed by atoms with Gasteiger partial charge in [0.05, 0.1) is 11.4 Å². The summed E-state index contributed by atoms with van der Waals surface area (Å²) < 4.78 is 6.05. The minimum absolute atomic E-state index is 0.145. The minimum Gasteiger partial charge on any atom is -0.506 e. The predicted octanol–water partition coefficient (Wildman–Crippen LogP) is 4.60. The molecule has 0 aliphatic rings. The highest BCUT2D eigenvalue weighted by Crippen LogP contribution is 2.34. The van der Waals surface area contributed by atoms with Gasteiger partial charge in [-0.15, -0.1) is 0 Å². The minimum atomic E-state index is 0.145. The average Bonchev–Trinajstić information content (AvgIpc) is 2.58. The van der Waals surface area contributed by atoms with Gasteiger partial charge in [0.1, 0.15) is 34.0 Å². The quantitative estimate of drug-likeness (QED) is 0.561. The molecule has 0 aliphatic heterocycles. The molecule has 25 heavy (non-hydrogen) atoms. The van der Waals surface area contributed by atoms with Crippen LogP contribution in [0.15, 0.2) is 48.5 Å². The summed E-state index contributed by atoms with van der Waals surface area (Å²) in [4.78, 5) is 8.88. The van der Waals surface area contributed by atoms with Crippen molar-refractivity contribution in [1.29, 1.82) is 0 Å². The Morgan fingerprint density at radius 2 is 1.16 bits per heavy atom. The Hall–Kier alpha value is -3.34. The van der Waals surface area contributed by atoms with Crippen molar-refractivity contribution in [3.05, 3.63) is 59.9 Å². The van der Waals surface area contributed by atoms with Crippen LogP contribution in [0.1, 0.15) is 11.4 Å². The topological polar surface area (TPSA) is 75.5 Å². The lowest BCUT2D eigenvalue weighted by Crippen LogP contribution is -1.95. The fourth-order valence-electron chi connectivity index (χ4n) is 2.84. The monoisotopic (exact) mass is 332 g/mol. The second kappa shape index (κ2) is 5.63. The van der Waals surface area contributed by atoms with E-state index in [2.05, 4.69) is 9.97 Å². The number of hydrogen-bond donors (Lipinski definition) is 2. The van der Waals surface area contributed by atoms with Crippen molar-refractivity contribution < 1.29 is 14.9 Å². The molecule has 4 aromatic rings. The Morgan fingerprint density at radius 3 is 1.60 bits per heavy atom. The number of aromatic nitrogens is 2. The summed E-state index contributed by atoms with van der Waals surface area (Å²) in [7, 11) is 0. The van der Waals surface area contributed by atoms with Crippen LogP contribution in [-0.4, -0.2) is 20.2 Å². The molecule has 0 aliphatic carbocycles. The Balaban J connectivity index is 1.82. The van der Waals surface area contributed by atoms with Crippen molar-refractivity contribution in [2.45, 2.75) is 13.8 Å². The zero-order valence-corrected chi connectivity index (χ0v) is 13.8. The Labute approximate surface area is 144 Å². The van der Waals surface area contributed by atoms with E-state index in [9.17, 15) is 10.2 Å². The van der Waals surface area contributed by atoms with E-state index in [-0.39, 0.29) is 11.5 Å². The summed E-state index contributed by atoms with van der Waals surface area (Å²) in [6.45, 7) is 3.66. The summed E-state index contributed by atoms with van der Waals surface area (Å²) in [6, 6.07) is 14.2. The number of fused-ring (bicyclic) bond motifs is 2. The summed E-state index contributed by atoms with van der Waals surface area (Å²) in [5.41, 5.74) is 2.44. The van der Waals surface area contributed by atoms with Crippen molar-refractivity contribution in [3.63, 3.8) is 0 Å². The molecule has 2 aromatic carbocycles. The van der Waals surface area contributed by atoms with Crippen LogP contribution in [0.25, 0.3) is 21.8 Å². The van der Waals surface area contributed by atoms with Gasteiger partial charge in [0.2, 0.25) is 0 Å². The molecule has 5 heteroatoms. The third-order valence-electron chi connectivity index (χ3n) is 4.16. The molecule has 0 saturated carbocycles. The van der Waals surface area contributed by atoms with E-state index in [0.717, 1.165) is 10.8 Å². The molecule has 0 fully saturated rings. The van der Waals surface area contributed by atoms with Crippen LogP contribution in [0.4, 0.5) is 0 Å². The van der Waals surface area contributed by atoms with E-state index in [1.807, 2.05) is 38.1 Å². The number of nitrogens with zero attached hydrogens (tertiary/aromatic N) is 2. The van der Waals surface area contributed by atoms with Crippen molar-refractivity contribution >= 4 is 21.8 Å². The SMILES string of the molecule is Cc1nc2c(O)cccc2cc1Oc1cc2cccc(O)c2nc1C. The van der Waals surface area contributed by atoms with Crippen LogP contribution in [0.2, 0.25) is 0 Å². The molecule has 2 N–H and O–H groups in total. The van der Waals surface area contributed by atoms with Gasteiger partial charge in [-0.25, -0.2) is 9.97 Å². The first kappa shape index (κ1) is 15.2. The number of hydrogen-bond acceptors (Lipinski definition) is 5. The lowest BCUT2D eigenvalue weighted by Gasteiger charge is -2.13. The van der Waals surface area contributed by atoms with Crippen molar-refractivity contribution in [2.75, 3.05) is 0 Å². The second-order valence-electron chi connectivity index (χ2n) is 5.94. The number of phenols is 2. The molecule has 5 nitrogen and oxygen atoms in total. The maximum Gasteiger partial charge on any atom is 0.149 e. The molecule has 0 spiro atoms. The second-order valence-corrected chi connectivity index (χ2v) is 5.94. The molecule has 0 atom stereocenters. The number of phenolic OH excluding ortho intramolecular Hbond substituents is 2. The third-order valence-corrected chi connectivity index (χ3v) is 4.16. The van der Waals surface area contributed by atoms with Gasteiger partial charge in [-0.2, -0.15) is 0 Å². The molecule has 4 rings (SSSR count). The fraction of sp³-hybridized carbons (Fsp3) is 0.100. The highest BCUT2D eigenvalue weighted by molar-refractivity contribution is 5.87. The van der Waals surface area contributed by atoms with E-state index in [0.29, 0.717) is 33.9 Å². The molecule has 0 bridgehead atoms. The van der Waals surface area contributed by atoms with Crippen LogP contribution in [0.5, 0.6) is 23.0 Å². The summed E-state index contributed by atoms with van der Waals surface area (Å²) in [5.74, 6) is 1.49. The van der Waals surface area contributed by atoms with Crippen LogP contribution in [-0.2, 0) is 0 Å². The van der Waals surface area contributed by atoms with Gasteiger partial charge in [0.15, 0.2) is 0 Å². The fourth-order valence-corrected chi connectivity index (χ4v) is 2.84. The van der Waals surface area contributed by atoms with Crippen molar-refractivity contribution in [1.82, 2.24) is 9.97 Å². The number of pyridine rings is 2. The van der Waals surface area contributed by atoms with Gasteiger partial charge in [-0.1, -0.05) is 24.3 Å². The number of para-hydroxylation sites is 2. The number of benzene rings is 2. The van der Waals surface area contributed by atoms with Gasteiger partial charge >= 0.3 is 0 Å². The van der Waals surface area contributed by atoms with E-state index in [1.54, 1.807) is 24.3 Å². The van der Waals surface area contributed by atoms with Gasteiger partial charge in [-0.3, -0.25) is 0 Å². The molecule has 0 saturated heterocycles. The highest BCUT2D eigenvalue weighted by Gasteiger charge is 2.12. The number of rotatable bonds is 2. The zero-order chi connectivity index (χ0) is 17.6. The maximum absolute atomic E-state index is 9.93. The van der Waals surface area contributed by atoms with Crippen LogP contribution in [0, 0.1) is 13.8 Å². The molecular weight excluding hydrogens is 316 g/mol. The molecular formula is C20H16N2O3. The summed E-state index contributed by atoms with van der Waals surface area (Å²) >= 11 is 0. The molecule has 0 amide bonds. The number of ether oxygens (including phenoxy) is 1. The van der Waals surface area contributed by atoms with E-state index >= 15 is 0 Å². The van der Waals surface area contributed by atoms with Crippen LogP contribution < -0.4 is 4.74 Å². The average molecular weight is 332 g/mol. The predicted molar refractivity (Wildman–Crippen MR) is 96.4 cm³/mol. The number of aromatic hydroxyl groups is 2. The van der Waals surface area contributed by atoms with Crippen LogP contribution in [0.3, 0.4) is 0 Å². The third kappa shape index (κ3) is 2.59. The normalized spacial score (nSPS) is 11.1. The largest absolute Gasteiger partial charge is 0.506 e. The number of aryl methyl sites for hydroxylation is 2. The lowest BCUT2D eigenvalue weighted by atomic mass is 10.1. The van der Waals surface area contributed by atoms with E-state index in [1.165, 1.54) is 0 Å². The Kier molecular flexibility index (Phi) is 3.42. The molecule has 2 heterocycles. The van der Waals surface area contributed by atoms with Crippen molar-refractivity contribution in [3.8, 4) is 23.0 Å². The highest BCUT2D eigenvalue weighted by atomic mass is 16.5. The van der Waals surface area contributed by atoms with E-state index in [4.69, 9.17) is 4.74 Å². The van der Waals surface area contributed by atoms with Crippen LogP contribution >= 0.6 is 0 Å². The van der Waals surface area contributed by atoms with Gasteiger partial charge in [0, 0.05) is 10.8 Å². The lowest BCUT2D eigenvalue weighted by molar-refractivity contribution is 0.468. The van der Waals surface area contributed by atoms with Gasteiger partial charge < -0.3 is 14.9 Å². The standard InChI is InChI=1S/C20H16N2O3/c1-11-17(9-13-5-3-7-15(23)19(13)21-11)25-18-10-14-6-4-8-16(24)20(14)22-12(18)2/h3-10,23-24H,1-2H3. The molecule has 124 valence electrons. The Bertz CT molecular complexity index is 1030. The smallest absolute Gasteiger partial charge is 0.149 e.